The van der Waals surface area contributed by atoms with Gasteiger partial charge in [-0.15, -0.1) is 5.10 Å². The Balaban J connectivity index is 1.99. The number of hydrogen-bond acceptors (Lipinski definition) is 5. The molecule has 0 aliphatic heterocycles. The zero-order valence-corrected chi connectivity index (χ0v) is 11.4. The Morgan fingerprint density at radius 3 is 2.76 bits per heavy atom. The van der Waals surface area contributed by atoms with Gasteiger partial charge in [0, 0.05) is 0 Å². The van der Waals surface area contributed by atoms with Gasteiger partial charge in [0.1, 0.15) is 11.4 Å². The maximum atomic E-state index is 5.98. The number of aromatic nitrogens is 7. The van der Waals surface area contributed by atoms with E-state index in [9.17, 15) is 0 Å². The van der Waals surface area contributed by atoms with Crippen LogP contribution in [0.5, 0.6) is 0 Å². The number of H-pyrrole nitrogens is 1. The van der Waals surface area contributed by atoms with Crippen LogP contribution in [0.3, 0.4) is 0 Å². The van der Waals surface area contributed by atoms with Crippen LogP contribution in [0.1, 0.15) is 0 Å². The molecule has 0 spiro atoms. The van der Waals surface area contributed by atoms with Crippen molar-refractivity contribution in [2.75, 3.05) is 0 Å². The van der Waals surface area contributed by atoms with Crippen LogP contribution >= 0.6 is 11.6 Å². The summed E-state index contributed by atoms with van der Waals surface area (Å²) in [6, 6.07) is 9.68. The number of halogens is 1. The molecule has 4 rings (SSSR count). The molecule has 0 atom stereocenters. The smallest absolute Gasteiger partial charge is 0.225 e. The summed E-state index contributed by atoms with van der Waals surface area (Å²) in [6.07, 6.45) is 3.29. The van der Waals surface area contributed by atoms with E-state index in [1.807, 2.05) is 30.3 Å². The van der Waals surface area contributed by atoms with E-state index in [0.717, 1.165) is 16.8 Å². The maximum Gasteiger partial charge on any atom is 0.225 e. The molecule has 8 heteroatoms. The number of fused-ring (bicyclic) bond motifs is 1. The normalized spacial score (nSPS) is 11.1. The summed E-state index contributed by atoms with van der Waals surface area (Å²) in [5.74, 6) is 0. The summed E-state index contributed by atoms with van der Waals surface area (Å²) < 4.78 is 1.70. The molecule has 102 valence electrons. The monoisotopic (exact) mass is 297 g/mol. The summed E-state index contributed by atoms with van der Waals surface area (Å²) in [4.78, 5) is 8.39. The van der Waals surface area contributed by atoms with E-state index in [0.29, 0.717) is 11.3 Å². The van der Waals surface area contributed by atoms with Crippen molar-refractivity contribution in [3.63, 3.8) is 0 Å². The molecule has 0 fully saturated rings. The summed E-state index contributed by atoms with van der Waals surface area (Å²) >= 11 is 5.98. The highest BCUT2D eigenvalue weighted by atomic mass is 35.5. The third-order valence-corrected chi connectivity index (χ3v) is 3.24. The van der Waals surface area contributed by atoms with Crippen LogP contribution in [0.4, 0.5) is 0 Å². The minimum Gasteiger partial charge on any atom is -0.261 e. The van der Waals surface area contributed by atoms with Gasteiger partial charge in [-0.1, -0.05) is 23.4 Å². The Kier molecular flexibility index (Phi) is 2.65. The van der Waals surface area contributed by atoms with Gasteiger partial charge in [0.25, 0.3) is 0 Å². The molecule has 1 aromatic carbocycles. The predicted octanol–water partition coefficient (Wildman–Crippen LogP) is 2.25. The molecular weight excluding hydrogens is 290 g/mol. The fraction of sp³-hybridized carbons (Fsp3) is 0. The Labute approximate surface area is 123 Å². The van der Waals surface area contributed by atoms with Crippen molar-refractivity contribution in [1.82, 2.24) is 35.2 Å². The van der Waals surface area contributed by atoms with Crippen LogP contribution in [0.25, 0.3) is 28.1 Å². The molecule has 0 aliphatic carbocycles. The Morgan fingerprint density at radius 1 is 1.05 bits per heavy atom. The number of aromatic amines is 1. The Bertz CT molecular complexity index is 913. The minimum absolute atomic E-state index is 0.141. The largest absolute Gasteiger partial charge is 0.261 e. The summed E-state index contributed by atoms with van der Waals surface area (Å²) in [7, 11) is 0. The molecule has 3 aromatic heterocycles. The first-order valence-corrected chi connectivity index (χ1v) is 6.54. The zero-order valence-electron chi connectivity index (χ0n) is 10.6. The number of para-hydroxylation sites is 1. The van der Waals surface area contributed by atoms with E-state index in [1.165, 1.54) is 0 Å². The molecule has 1 N–H and O–H groups in total. The van der Waals surface area contributed by atoms with Crippen molar-refractivity contribution in [3.05, 3.63) is 48.0 Å². The van der Waals surface area contributed by atoms with Crippen molar-refractivity contribution in [2.45, 2.75) is 0 Å². The summed E-state index contributed by atoms with van der Waals surface area (Å²) in [5.41, 5.74) is 2.81. The van der Waals surface area contributed by atoms with E-state index < -0.39 is 0 Å². The van der Waals surface area contributed by atoms with Crippen molar-refractivity contribution < 1.29 is 0 Å². The van der Waals surface area contributed by atoms with Gasteiger partial charge in [-0.05, 0) is 23.7 Å². The van der Waals surface area contributed by atoms with Crippen molar-refractivity contribution >= 4 is 22.6 Å². The molecule has 0 amide bonds. The maximum absolute atomic E-state index is 5.98. The molecule has 7 nitrogen and oxygen atoms in total. The molecule has 3 heterocycles. The molecule has 0 aliphatic rings. The molecule has 0 saturated carbocycles. The lowest BCUT2D eigenvalue weighted by Crippen LogP contribution is -2.01. The molecular formula is C13H8ClN7. The second-order valence-corrected chi connectivity index (χ2v) is 4.68. The first-order chi connectivity index (χ1) is 10.3. The average Bonchev–Trinajstić information content (AvgIpc) is 3.16. The fourth-order valence-electron chi connectivity index (χ4n) is 2.16. The van der Waals surface area contributed by atoms with E-state index in [-0.39, 0.29) is 5.28 Å². The lowest BCUT2D eigenvalue weighted by atomic mass is 10.2. The van der Waals surface area contributed by atoms with Gasteiger partial charge in [-0.2, -0.15) is 10.1 Å². The zero-order chi connectivity index (χ0) is 14.2. The third kappa shape index (κ3) is 1.95. The highest BCUT2D eigenvalue weighted by Gasteiger charge is 2.16. The van der Waals surface area contributed by atoms with Gasteiger partial charge in [0.05, 0.1) is 23.5 Å². The highest BCUT2D eigenvalue weighted by molar-refractivity contribution is 6.28. The number of rotatable bonds is 2. The fourth-order valence-corrected chi connectivity index (χ4v) is 2.33. The van der Waals surface area contributed by atoms with Gasteiger partial charge >= 0.3 is 0 Å². The molecule has 0 radical (unpaired) electrons. The van der Waals surface area contributed by atoms with E-state index in [1.54, 1.807) is 17.1 Å². The predicted molar refractivity (Wildman–Crippen MR) is 77.0 cm³/mol. The molecule has 0 unspecified atom stereocenters. The number of nitrogens with one attached hydrogen (secondary N) is 1. The second kappa shape index (κ2) is 4.64. The van der Waals surface area contributed by atoms with Crippen LogP contribution in [0.15, 0.2) is 42.7 Å². The minimum atomic E-state index is 0.141. The van der Waals surface area contributed by atoms with Crippen LogP contribution < -0.4 is 0 Å². The van der Waals surface area contributed by atoms with E-state index >= 15 is 0 Å². The Hall–Kier alpha value is -2.80. The highest BCUT2D eigenvalue weighted by Crippen LogP contribution is 2.26. The molecule has 21 heavy (non-hydrogen) atoms. The Morgan fingerprint density at radius 2 is 1.90 bits per heavy atom. The number of benzene rings is 1. The average molecular weight is 298 g/mol. The lowest BCUT2D eigenvalue weighted by Gasteiger charge is -2.06. The summed E-state index contributed by atoms with van der Waals surface area (Å²) in [5, 5.41) is 15.8. The van der Waals surface area contributed by atoms with Gasteiger partial charge in [-0.25, -0.2) is 9.67 Å². The van der Waals surface area contributed by atoms with Gasteiger partial charge in [0.2, 0.25) is 5.28 Å². The quantitative estimate of drug-likeness (QED) is 0.574. The first kappa shape index (κ1) is 12.0. The van der Waals surface area contributed by atoms with Crippen LogP contribution in [-0.2, 0) is 0 Å². The molecule has 0 saturated heterocycles. The van der Waals surface area contributed by atoms with E-state index in [4.69, 9.17) is 11.6 Å². The van der Waals surface area contributed by atoms with Gasteiger partial charge < -0.3 is 0 Å². The standard InChI is InChI=1S/C13H8ClN7/c14-13-17-11(9-6-15-19-12(9)18-13)10-7-16-20-21(10)8-4-2-1-3-5-8/h1-7H,(H,15,17,18,19). The van der Waals surface area contributed by atoms with Crippen LogP contribution in [0.2, 0.25) is 5.28 Å². The summed E-state index contributed by atoms with van der Waals surface area (Å²) in [6.45, 7) is 0. The third-order valence-electron chi connectivity index (χ3n) is 3.08. The van der Waals surface area contributed by atoms with E-state index in [2.05, 4.69) is 30.5 Å². The lowest BCUT2D eigenvalue weighted by molar-refractivity contribution is 0.806. The SMILES string of the molecule is Clc1nc(-c2cnnn2-c2ccccc2)c2cn[nH]c2n1. The van der Waals surface area contributed by atoms with Crippen LogP contribution in [0, 0.1) is 0 Å². The first-order valence-electron chi connectivity index (χ1n) is 6.16. The second-order valence-electron chi connectivity index (χ2n) is 4.34. The van der Waals surface area contributed by atoms with Crippen molar-refractivity contribution in [3.8, 4) is 17.1 Å². The molecule has 4 aromatic rings. The van der Waals surface area contributed by atoms with Crippen LogP contribution in [-0.4, -0.2) is 35.2 Å². The molecule has 0 bridgehead atoms. The van der Waals surface area contributed by atoms with Gasteiger partial charge in [-0.3, -0.25) is 5.10 Å². The van der Waals surface area contributed by atoms with Gasteiger partial charge in [0.15, 0.2) is 5.65 Å². The van der Waals surface area contributed by atoms with Crippen molar-refractivity contribution in [2.24, 2.45) is 0 Å². The number of nitrogens with zero attached hydrogens (tertiary/aromatic N) is 6. The van der Waals surface area contributed by atoms with Crippen molar-refractivity contribution in [1.29, 1.82) is 0 Å². The number of hydrogen-bond donors (Lipinski definition) is 1. The topological polar surface area (TPSA) is 85.2 Å².